The second kappa shape index (κ2) is 9.80. The van der Waals surface area contributed by atoms with Crippen LogP contribution in [-0.2, 0) is 6.54 Å². The van der Waals surface area contributed by atoms with Gasteiger partial charge < -0.3 is 9.64 Å². The predicted octanol–water partition coefficient (Wildman–Crippen LogP) is 3.64. The van der Waals surface area contributed by atoms with Gasteiger partial charge in [0.25, 0.3) is 0 Å². The van der Waals surface area contributed by atoms with Crippen LogP contribution < -0.4 is 4.74 Å². The Bertz CT molecular complexity index is 369. The number of piperidine rings is 1. The molecule has 0 saturated carbocycles. The van der Waals surface area contributed by atoms with Gasteiger partial charge in [0.2, 0.25) is 0 Å². The lowest BCUT2D eigenvalue weighted by atomic mass is 10.1. The number of likely N-dealkylation sites (tertiary alicyclic amines) is 1. The van der Waals surface area contributed by atoms with Gasteiger partial charge in [0.1, 0.15) is 5.75 Å². The Morgan fingerprint density at radius 3 is 2.33 bits per heavy atom. The first-order chi connectivity index (χ1) is 9.74. The van der Waals surface area contributed by atoms with Crippen molar-refractivity contribution in [2.45, 2.75) is 39.7 Å². The maximum Gasteiger partial charge on any atom is 0.119 e. The fraction of sp³-hybridized carbons (Fsp3) is 0.667. The fourth-order valence-corrected chi connectivity index (χ4v) is 2.64. The maximum absolute atomic E-state index is 5.76. The Hall–Kier alpha value is -1.06. The summed E-state index contributed by atoms with van der Waals surface area (Å²) in [5.41, 5.74) is 1.40. The number of nitrogens with zero attached hydrogens (tertiary/aromatic N) is 2. The third-order valence-corrected chi connectivity index (χ3v) is 3.80. The number of ether oxygens (including phenoxy) is 1. The van der Waals surface area contributed by atoms with Gasteiger partial charge in [-0.2, -0.15) is 0 Å². The minimum Gasteiger partial charge on any atom is -0.494 e. The number of hydrogen-bond donors (Lipinski definition) is 0. The second-order valence-corrected chi connectivity index (χ2v) is 5.99. The van der Waals surface area contributed by atoms with Gasteiger partial charge >= 0.3 is 0 Å². The van der Waals surface area contributed by atoms with Crippen molar-refractivity contribution >= 4 is 0 Å². The molecule has 0 amide bonds. The van der Waals surface area contributed by atoms with E-state index < -0.39 is 0 Å². The van der Waals surface area contributed by atoms with Crippen molar-refractivity contribution in [3.8, 4) is 5.75 Å². The highest BCUT2D eigenvalue weighted by molar-refractivity contribution is 5.27. The van der Waals surface area contributed by atoms with E-state index in [1.165, 1.54) is 37.9 Å². The highest BCUT2D eigenvalue weighted by atomic mass is 16.5. The number of benzene rings is 1. The highest BCUT2D eigenvalue weighted by Gasteiger charge is 2.10. The molecule has 0 spiro atoms. The lowest BCUT2D eigenvalue weighted by Crippen LogP contribution is -2.29. The largest absolute Gasteiger partial charge is 0.494 e. The molecule has 0 unspecified atom stereocenters. The van der Waals surface area contributed by atoms with E-state index in [-0.39, 0.29) is 7.43 Å². The van der Waals surface area contributed by atoms with E-state index in [4.69, 9.17) is 4.74 Å². The molecule has 0 bridgehead atoms. The zero-order chi connectivity index (χ0) is 14.2. The van der Waals surface area contributed by atoms with Gasteiger partial charge in [0.15, 0.2) is 0 Å². The summed E-state index contributed by atoms with van der Waals surface area (Å²) in [5.74, 6) is 0.992. The van der Waals surface area contributed by atoms with E-state index in [0.29, 0.717) is 0 Å². The molecule has 0 N–H and O–H groups in total. The van der Waals surface area contributed by atoms with Crippen LogP contribution in [0.15, 0.2) is 24.3 Å². The molecule has 1 aliphatic heterocycles. The van der Waals surface area contributed by atoms with E-state index in [2.05, 4.69) is 48.2 Å². The van der Waals surface area contributed by atoms with Gasteiger partial charge in [-0.05, 0) is 64.1 Å². The lowest BCUT2D eigenvalue weighted by molar-refractivity contribution is 0.221. The molecule has 1 aromatic rings. The van der Waals surface area contributed by atoms with E-state index in [9.17, 15) is 0 Å². The molecule has 0 radical (unpaired) electrons. The third-order valence-electron chi connectivity index (χ3n) is 3.80. The summed E-state index contributed by atoms with van der Waals surface area (Å²) in [6.45, 7) is 5.46. The van der Waals surface area contributed by atoms with E-state index in [0.717, 1.165) is 31.9 Å². The predicted molar refractivity (Wildman–Crippen MR) is 91.0 cm³/mol. The summed E-state index contributed by atoms with van der Waals surface area (Å²) in [7, 11) is 4.19. The zero-order valence-electron chi connectivity index (χ0n) is 13.0. The molecule has 0 atom stereocenters. The summed E-state index contributed by atoms with van der Waals surface area (Å²) in [6.07, 6.45) is 5.18. The molecule has 1 heterocycles. The van der Waals surface area contributed by atoms with Gasteiger partial charge in [0.05, 0.1) is 6.61 Å². The highest BCUT2D eigenvalue weighted by Crippen LogP contribution is 2.16. The van der Waals surface area contributed by atoms with E-state index >= 15 is 0 Å². The van der Waals surface area contributed by atoms with Crippen LogP contribution in [0.5, 0.6) is 5.75 Å². The zero-order valence-corrected chi connectivity index (χ0v) is 13.0. The quantitative estimate of drug-likeness (QED) is 0.714. The average molecular weight is 292 g/mol. The molecule has 0 aromatic heterocycles. The molecule has 3 heteroatoms. The normalized spacial score (nSPS) is 15.8. The summed E-state index contributed by atoms with van der Waals surface area (Å²) >= 11 is 0. The van der Waals surface area contributed by atoms with Gasteiger partial charge in [-0.1, -0.05) is 26.0 Å². The number of hydrogen-bond acceptors (Lipinski definition) is 3. The Morgan fingerprint density at radius 2 is 1.71 bits per heavy atom. The Labute approximate surface area is 130 Å². The van der Waals surface area contributed by atoms with Crippen LogP contribution in [0.2, 0.25) is 0 Å². The van der Waals surface area contributed by atoms with Crippen LogP contribution in [0.4, 0.5) is 0 Å². The van der Waals surface area contributed by atoms with Crippen LogP contribution in [-0.4, -0.2) is 50.1 Å². The van der Waals surface area contributed by atoms with Crippen molar-refractivity contribution < 1.29 is 4.74 Å². The standard InChI is InChI=1S/C17H28N2O.CH4/c1-18(2)11-6-14-20-17-9-7-16(8-10-17)15-19-12-4-3-5-13-19;/h7-10H,3-6,11-15H2,1-2H3;1H4. The smallest absolute Gasteiger partial charge is 0.119 e. The molecule has 0 aliphatic carbocycles. The molecule has 1 fully saturated rings. The first-order valence-electron chi connectivity index (χ1n) is 7.83. The fourth-order valence-electron chi connectivity index (χ4n) is 2.64. The van der Waals surface area contributed by atoms with Crippen LogP contribution in [0.25, 0.3) is 0 Å². The molecule has 1 aliphatic rings. The summed E-state index contributed by atoms with van der Waals surface area (Å²) in [6, 6.07) is 8.62. The maximum atomic E-state index is 5.76. The molecule has 21 heavy (non-hydrogen) atoms. The summed E-state index contributed by atoms with van der Waals surface area (Å²) in [5, 5.41) is 0. The third kappa shape index (κ3) is 6.96. The molecular formula is C18H32N2O. The van der Waals surface area contributed by atoms with Crippen molar-refractivity contribution in [2.75, 3.05) is 40.3 Å². The van der Waals surface area contributed by atoms with Gasteiger partial charge in [0, 0.05) is 13.1 Å². The van der Waals surface area contributed by atoms with Crippen molar-refractivity contribution in [3.63, 3.8) is 0 Å². The Balaban J connectivity index is 0.00000220. The van der Waals surface area contributed by atoms with Crippen LogP contribution in [0, 0.1) is 0 Å². The van der Waals surface area contributed by atoms with Crippen molar-refractivity contribution in [1.29, 1.82) is 0 Å². The van der Waals surface area contributed by atoms with Crippen molar-refractivity contribution in [3.05, 3.63) is 29.8 Å². The van der Waals surface area contributed by atoms with Crippen LogP contribution >= 0.6 is 0 Å². The molecule has 1 saturated heterocycles. The average Bonchev–Trinajstić information content (AvgIpc) is 2.46. The first kappa shape index (κ1) is 18.0. The molecule has 120 valence electrons. The van der Waals surface area contributed by atoms with Gasteiger partial charge in [-0.3, -0.25) is 4.90 Å². The molecular weight excluding hydrogens is 260 g/mol. The molecule has 1 aromatic carbocycles. The van der Waals surface area contributed by atoms with E-state index in [1.54, 1.807) is 0 Å². The SMILES string of the molecule is C.CN(C)CCCOc1ccc(CN2CCCCC2)cc1. The first-order valence-corrected chi connectivity index (χ1v) is 7.83. The summed E-state index contributed by atoms with van der Waals surface area (Å²) in [4.78, 5) is 4.74. The Morgan fingerprint density at radius 1 is 1.05 bits per heavy atom. The van der Waals surface area contributed by atoms with Crippen molar-refractivity contribution in [2.24, 2.45) is 0 Å². The number of rotatable bonds is 7. The van der Waals surface area contributed by atoms with Crippen molar-refractivity contribution in [1.82, 2.24) is 9.80 Å². The van der Waals surface area contributed by atoms with Crippen LogP contribution in [0.1, 0.15) is 38.7 Å². The molecule has 2 rings (SSSR count). The summed E-state index contributed by atoms with van der Waals surface area (Å²) < 4.78 is 5.76. The van der Waals surface area contributed by atoms with E-state index in [1.807, 2.05) is 0 Å². The topological polar surface area (TPSA) is 15.7 Å². The lowest BCUT2D eigenvalue weighted by Gasteiger charge is -2.26. The molecule has 3 nitrogen and oxygen atoms in total. The monoisotopic (exact) mass is 292 g/mol. The van der Waals surface area contributed by atoms with Gasteiger partial charge in [-0.15, -0.1) is 0 Å². The van der Waals surface area contributed by atoms with Crippen LogP contribution in [0.3, 0.4) is 0 Å². The van der Waals surface area contributed by atoms with Gasteiger partial charge in [-0.25, -0.2) is 0 Å². The minimum atomic E-state index is 0. The minimum absolute atomic E-state index is 0. The Kier molecular flexibility index (Phi) is 8.40. The second-order valence-electron chi connectivity index (χ2n) is 5.99.